The molecule has 21 heavy (non-hydrogen) atoms. The monoisotopic (exact) mass is 299 g/mol. The molecule has 126 valence electrons. The third-order valence-corrected chi connectivity index (χ3v) is 4.83. The van der Waals surface area contributed by atoms with E-state index in [4.69, 9.17) is 9.47 Å². The summed E-state index contributed by atoms with van der Waals surface area (Å²) in [4.78, 5) is 0. The summed E-state index contributed by atoms with van der Waals surface area (Å²) in [7, 11) is 1.71. The van der Waals surface area contributed by atoms with Crippen LogP contribution < -0.4 is 5.32 Å². The van der Waals surface area contributed by atoms with Crippen LogP contribution in [0.5, 0.6) is 0 Å². The largest absolute Gasteiger partial charge is 0.382 e. The molecule has 0 aromatic carbocycles. The summed E-state index contributed by atoms with van der Waals surface area (Å²) in [6.45, 7) is 11.8. The Morgan fingerprint density at radius 3 is 2.29 bits per heavy atom. The molecule has 0 amide bonds. The molecule has 3 heteroatoms. The van der Waals surface area contributed by atoms with Gasteiger partial charge in [-0.1, -0.05) is 20.8 Å². The van der Waals surface area contributed by atoms with Gasteiger partial charge in [-0.3, -0.25) is 0 Å². The highest BCUT2D eigenvalue weighted by Crippen LogP contribution is 2.39. The van der Waals surface area contributed by atoms with Gasteiger partial charge in [-0.05, 0) is 68.9 Å². The molecule has 1 N–H and O–H groups in total. The molecular weight excluding hydrogens is 262 g/mol. The van der Waals surface area contributed by atoms with Crippen LogP contribution in [-0.2, 0) is 9.47 Å². The minimum absolute atomic E-state index is 0.501. The number of rotatable bonds is 10. The molecule has 0 unspecified atom stereocenters. The molecule has 0 spiro atoms. The average molecular weight is 299 g/mol. The van der Waals surface area contributed by atoms with E-state index >= 15 is 0 Å². The lowest BCUT2D eigenvalue weighted by atomic mass is 9.70. The Balaban J connectivity index is 1.91. The van der Waals surface area contributed by atoms with Crippen LogP contribution in [0.2, 0.25) is 0 Å². The van der Waals surface area contributed by atoms with Crippen LogP contribution in [0.3, 0.4) is 0 Å². The van der Waals surface area contributed by atoms with Crippen molar-refractivity contribution in [1.29, 1.82) is 0 Å². The van der Waals surface area contributed by atoms with Crippen LogP contribution in [0.25, 0.3) is 0 Å². The molecule has 1 aliphatic carbocycles. The van der Waals surface area contributed by atoms with Gasteiger partial charge in [0.15, 0.2) is 0 Å². The number of nitrogens with one attached hydrogen (secondary N) is 1. The first-order valence-electron chi connectivity index (χ1n) is 8.81. The van der Waals surface area contributed by atoms with Crippen LogP contribution in [0.15, 0.2) is 0 Å². The van der Waals surface area contributed by atoms with Crippen LogP contribution in [0, 0.1) is 17.3 Å². The van der Waals surface area contributed by atoms with Gasteiger partial charge in [-0.25, -0.2) is 0 Å². The van der Waals surface area contributed by atoms with E-state index in [1.54, 1.807) is 7.11 Å². The molecule has 0 atom stereocenters. The van der Waals surface area contributed by atoms with Crippen molar-refractivity contribution in [2.75, 3.05) is 40.0 Å². The molecule has 0 aromatic rings. The smallest absolute Gasteiger partial charge is 0.0700 e. The fourth-order valence-electron chi connectivity index (χ4n) is 3.24. The molecule has 0 bridgehead atoms. The van der Waals surface area contributed by atoms with Crippen LogP contribution >= 0.6 is 0 Å². The Morgan fingerprint density at radius 1 is 0.952 bits per heavy atom. The summed E-state index contributed by atoms with van der Waals surface area (Å²) in [5, 5.41) is 3.63. The topological polar surface area (TPSA) is 30.5 Å². The minimum atomic E-state index is 0.501. The molecule has 3 nitrogen and oxygen atoms in total. The van der Waals surface area contributed by atoms with Gasteiger partial charge >= 0.3 is 0 Å². The van der Waals surface area contributed by atoms with Crippen molar-refractivity contribution in [2.45, 2.75) is 59.3 Å². The summed E-state index contributed by atoms with van der Waals surface area (Å²) >= 11 is 0. The summed E-state index contributed by atoms with van der Waals surface area (Å²) in [6, 6.07) is 0. The third kappa shape index (κ3) is 8.80. The maximum absolute atomic E-state index is 5.46. The second-order valence-corrected chi connectivity index (χ2v) is 7.60. The molecular formula is C18H37NO2. The van der Waals surface area contributed by atoms with E-state index in [1.165, 1.54) is 38.6 Å². The molecule has 0 heterocycles. The molecule has 0 aliphatic heterocycles. The van der Waals surface area contributed by atoms with Crippen molar-refractivity contribution < 1.29 is 9.47 Å². The normalized spacial score (nSPS) is 23.4. The Kier molecular flexibility index (Phi) is 9.54. The molecule has 0 radical (unpaired) electrons. The van der Waals surface area contributed by atoms with E-state index in [1.807, 2.05) is 0 Å². The van der Waals surface area contributed by atoms with Gasteiger partial charge in [0.25, 0.3) is 0 Å². The highest BCUT2D eigenvalue weighted by molar-refractivity contribution is 4.81. The lowest BCUT2D eigenvalue weighted by molar-refractivity contribution is 0.0687. The Bertz CT molecular complexity index is 242. The van der Waals surface area contributed by atoms with E-state index in [0.29, 0.717) is 12.0 Å². The number of hydrogen-bond acceptors (Lipinski definition) is 3. The quantitative estimate of drug-likeness (QED) is 0.621. The molecule has 0 saturated heterocycles. The summed E-state index contributed by atoms with van der Waals surface area (Å²) in [6.07, 6.45) is 8.02. The van der Waals surface area contributed by atoms with E-state index in [-0.39, 0.29) is 0 Å². The molecule has 0 aromatic heterocycles. The second kappa shape index (κ2) is 10.6. The average Bonchev–Trinajstić information content (AvgIpc) is 2.45. The zero-order valence-corrected chi connectivity index (χ0v) is 14.7. The fourth-order valence-corrected chi connectivity index (χ4v) is 3.24. The van der Waals surface area contributed by atoms with Crippen molar-refractivity contribution in [3.63, 3.8) is 0 Å². The number of hydrogen-bond donors (Lipinski definition) is 1. The van der Waals surface area contributed by atoms with Gasteiger partial charge < -0.3 is 14.8 Å². The van der Waals surface area contributed by atoms with E-state index < -0.39 is 0 Å². The van der Waals surface area contributed by atoms with Gasteiger partial charge in [-0.15, -0.1) is 0 Å². The standard InChI is InChI=1S/C18H37NO2/c1-18(2,3)17-9-7-16(8-10-17)15-19-11-5-6-12-21-14-13-20-4/h16-17,19H,5-15H2,1-4H3. The summed E-state index contributed by atoms with van der Waals surface area (Å²) < 4.78 is 10.4. The first kappa shape index (κ1) is 18.9. The van der Waals surface area contributed by atoms with Crippen LogP contribution in [0.4, 0.5) is 0 Å². The van der Waals surface area contributed by atoms with Gasteiger partial charge in [0.05, 0.1) is 13.2 Å². The first-order valence-corrected chi connectivity index (χ1v) is 8.81. The van der Waals surface area contributed by atoms with Crippen molar-refractivity contribution >= 4 is 0 Å². The minimum Gasteiger partial charge on any atom is -0.382 e. The predicted octanol–water partition coefficient (Wildman–Crippen LogP) is 3.87. The van der Waals surface area contributed by atoms with Crippen LogP contribution in [0.1, 0.15) is 59.3 Å². The third-order valence-electron chi connectivity index (χ3n) is 4.83. The van der Waals surface area contributed by atoms with Crippen molar-refractivity contribution in [1.82, 2.24) is 5.32 Å². The molecule has 1 fully saturated rings. The lowest BCUT2D eigenvalue weighted by Gasteiger charge is -2.37. The van der Waals surface area contributed by atoms with E-state index in [2.05, 4.69) is 26.1 Å². The summed E-state index contributed by atoms with van der Waals surface area (Å²) in [5.74, 6) is 1.83. The maximum Gasteiger partial charge on any atom is 0.0700 e. The van der Waals surface area contributed by atoms with Crippen molar-refractivity contribution in [2.24, 2.45) is 17.3 Å². The van der Waals surface area contributed by atoms with Gasteiger partial charge in [0, 0.05) is 13.7 Å². The molecule has 1 saturated carbocycles. The molecule has 1 rings (SSSR count). The van der Waals surface area contributed by atoms with E-state index in [9.17, 15) is 0 Å². The van der Waals surface area contributed by atoms with Crippen molar-refractivity contribution in [3.8, 4) is 0 Å². The van der Waals surface area contributed by atoms with Gasteiger partial charge in [-0.2, -0.15) is 0 Å². The maximum atomic E-state index is 5.46. The Hall–Kier alpha value is -0.120. The number of methoxy groups -OCH3 is 1. The zero-order valence-electron chi connectivity index (χ0n) is 14.7. The number of unbranched alkanes of at least 4 members (excludes halogenated alkanes) is 1. The molecule has 1 aliphatic rings. The summed E-state index contributed by atoms with van der Waals surface area (Å²) in [5.41, 5.74) is 0.501. The van der Waals surface area contributed by atoms with Crippen molar-refractivity contribution in [3.05, 3.63) is 0 Å². The Morgan fingerprint density at radius 2 is 1.67 bits per heavy atom. The highest BCUT2D eigenvalue weighted by atomic mass is 16.5. The van der Waals surface area contributed by atoms with E-state index in [0.717, 1.165) is 38.0 Å². The highest BCUT2D eigenvalue weighted by Gasteiger charge is 2.29. The first-order chi connectivity index (χ1) is 10.0. The van der Waals surface area contributed by atoms with Gasteiger partial charge in [0.1, 0.15) is 0 Å². The van der Waals surface area contributed by atoms with Crippen LogP contribution in [-0.4, -0.2) is 40.0 Å². The lowest BCUT2D eigenvalue weighted by Crippen LogP contribution is -2.31. The fraction of sp³-hybridized carbons (Fsp3) is 1.00. The zero-order chi connectivity index (χ0) is 15.6. The predicted molar refractivity (Wildman–Crippen MR) is 89.7 cm³/mol. The second-order valence-electron chi connectivity index (χ2n) is 7.60. The Labute approximate surface area is 132 Å². The SMILES string of the molecule is COCCOCCCCNCC1CCC(C(C)(C)C)CC1. The van der Waals surface area contributed by atoms with Gasteiger partial charge in [0.2, 0.25) is 0 Å². The number of ether oxygens (including phenoxy) is 2.